The maximum absolute atomic E-state index is 12.8. The third-order valence-electron chi connectivity index (χ3n) is 3.86. The average molecular weight is 316 g/mol. The van der Waals surface area contributed by atoms with Crippen molar-refractivity contribution in [2.75, 3.05) is 6.26 Å². The zero-order valence-electron chi connectivity index (χ0n) is 11.4. The summed E-state index contributed by atoms with van der Waals surface area (Å²) in [4.78, 5) is 11.9. The highest BCUT2D eigenvalue weighted by Gasteiger charge is 2.47. The Hall–Kier alpha value is -1.50. The van der Waals surface area contributed by atoms with Crippen LogP contribution in [0, 0.1) is 0 Å². The molecule has 1 fully saturated rings. The lowest BCUT2D eigenvalue weighted by molar-refractivity contribution is -0.134. The largest absolute Gasteiger partial charge is 0.490 e. The molecule has 21 heavy (non-hydrogen) atoms. The van der Waals surface area contributed by atoms with Crippen LogP contribution in [-0.2, 0) is 16.3 Å². The van der Waals surface area contributed by atoms with E-state index in [2.05, 4.69) is 0 Å². The highest BCUT2D eigenvalue weighted by atomic mass is 32.2. The van der Waals surface area contributed by atoms with Gasteiger partial charge in [0.2, 0.25) is 0 Å². The third kappa shape index (κ3) is 2.54. The van der Waals surface area contributed by atoms with Crippen LogP contribution in [-0.4, -0.2) is 32.5 Å². The highest BCUT2D eigenvalue weighted by Crippen LogP contribution is 2.42. The highest BCUT2D eigenvalue weighted by molar-refractivity contribution is 7.90. The molecule has 0 atom stereocenters. The summed E-state index contributed by atoms with van der Waals surface area (Å²) in [6, 6.07) is 2.79. The number of hydrogen-bond acceptors (Lipinski definition) is 4. The van der Waals surface area contributed by atoms with E-state index in [0.717, 1.165) is 6.26 Å². The topological polar surface area (TPSA) is 60.4 Å². The lowest BCUT2D eigenvalue weighted by Crippen LogP contribution is -2.43. The fourth-order valence-electron chi connectivity index (χ4n) is 2.81. The summed E-state index contributed by atoms with van der Waals surface area (Å²) in [5.41, 5.74) is 0.694. The molecule has 2 aliphatic carbocycles. The molecule has 0 aliphatic heterocycles. The quantitative estimate of drug-likeness (QED) is 0.859. The first-order valence-electron chi connectivity index (χ1n) is 6.61. The molecule has 114 valence electrons. The van der Waals surface area contributed by atoms with Crippen molar-refractivity contribution in [1.82, 2.24) is 0 Å². The van der Waals surface area contributed by atoms with E-state index in [1.807, 2.05) is 0 Å². The van der Waals surface area contributed by atoms with E-state index in [1.54, 1.807) is 0 Å². The van der Waals surface area contributed by atoms with E-state index in [4.69, 9.17) is 4.74 Å². The van der Waals surface area contributed by atoms with E-state index in [1.165, 1.54) is 12.1 Å². The van der Waals surface area contributed by atoms with Gasteiger partial charge in [-0.15, -0.1) is 0 Å². The van der Waals surface area contributed by atoms with E-state index < -0.39 is 21.9 Å². The van der Waals surface area contributed by atoms with Crippen molar-refractivity contribution in [3.8, 4) is 5.75 Å². The second-order valence-corrected chi connectivity index (χ2v) is 7.60. The summed E-state index contributed by atoms with van der Waals surface area (Å²) in [5, 5.41) is 0. The summed E-state index contributed by atoms with van der Waals surface area (Å²) in [6.45, 7) is 0. The summed E-state index contributed by atoms with van der Waals surface area (Å²) in [6.07, 6.45) is 0.382. The Labute approximate surface area is 121 Å². The minimum Gasteiger partial charge on any atom is -0.490 e. The van der Waals surface area contributed by atoms with Gasteiger partial charge in [0.25, 0.3) is 5.92 Å². The molecule has 1 saturated carbocycles. The number of ketones is 1. The molecule has 0 unspecified atom stereocenters. The van der Waals surface area contributed by atoms with Crippen molar-refractivity contribution >= 4 is 15.6 Å². The van der Waals surface area contributed by atoms with Crippen LogP contribution in [0.25, 0.3) is 0 Å². The first-order chi connectivity index (χ1) is 9.67. The molecule has 0 saturated heterocycles. The number of hydrogen-bond donors (Lipinski definition) is 0. The van der Waals surface area contributed by atoms with Crippen molar-refractivity contribution < 1.29 is 26.7 Å². The predicted octanol–water partition coefficient (Wildman–Crippen LogP) is 2.40. The fourth-order valence-corrected chi connectivity index (χ4v) is 3.74. The molecule has 0 amide bonds. The van der Waals surface area contributed by atoms with Gasteiger partial charge < -0.3 is 4.74 Å². The van der Waals surface area contributed by atoms with Crippen LogP contribution in [0.4, 0.5) is 8.78 Å². The summed E-state index contributed by atoms with van der Waals surface area (Å²) in [5.74, 6) is -2.57. The molecule has 1 aromatic carbocycles. The van der Waals surface area contributed by atoms with Crippen LogP contribution in [0.5, 0.6) is 5.75 Å². The lowest BCUT2D eigenvalue weighted by Gasteiger charge is -2.35. The normalized spacial score (nSPS) is 21.0. The molecule has 4 nitrogen and oxygen atoms in total. The van der Waals surface area contributed by atoms with Crippen molar-refractivity contribution in [3.05, 3.63) is 23.3 Å². The number of alkyl halides is 2. The van der Waals surface area contributed by atoms with Gasteiger partial charge in [0.05, 0.1) is 4.90 Å². The van der Waals surface area contributed by atoms with Gasteiger partial charge >= 0.3 is 0 Å². The molecule has 0 spiro atoms. The van der Waals surface area contributed by atoms with Crippen molar-refractivity contribution in [3.63, 3.8) is 0 Å². The second-order valence-electron chi connectivity index (χ2n) is 5.61. The van der Waals surface area contributed by atoms with Gasteiger partial charge in [-0.2, -0.15) is 0 Å². The molecule has 0 heterocycles. The maximum Gasteiger partial charge on any atom is 0.255 e. The van der Waals surface area contributed by atoms with Gasteiger partial charge in [-0.25, -0.2) is 17.2 Å². The SMILES string of the molecule is CS(=O)(=O)c1ccc(OC2CC(F)(F)C2)c2c1C(=O)CC2. The number of carbonyl (C=O) groups excluding carboxylic acids is 1. The van der Waals surface area contributed by atoms with Gasteiger partial charge in [0.1, 0.15) is 11.9 Å². The Bertz CT molecular complexity index is 717. The summed E-state index contributed by atoms with van der Waals surface area (Å²) < 4.78 is 54.6. The Kier molecular flexibility index (Phi) is 3.09. The Balaban J connectivity index is 1.96. The van der Waals surface area contributed by atoms with Crippen LogP contribution in [0.2, 0.25) is 0 Å². The minimum atomic E-state index is -3.51. The average Bonchev–Trinajstić information content (AvgIpc) is 2.69. The molecule has 0 bridgehead atoms. The molecule has 0 radical (unpaired) electrons. The number of carbonyl (C=O) groups is 1. The number of ether oxygens (including phenoxy) is 1. The van der Waals surface area contributed by atoms with Gasteiger partial charge in [0.15, 0.2) is 15.6 Å². The minimum absolute atomic E-state index is 0.00807. The predicted molar refractivity (Wildman–Crippen MR) is 70.8 cm³/mol. The van der Waals surface area contributed by atoms with Crippen LogP contribution in [0.1, 0.15) is 35.2 Å². The van der Waals surface area contributed by atoms with E-state index in [-0.39, 0.29) is 35.5 Å². The monoisotopic (exact) mass is 316 g/mol. The van der Waals surface area contributed by atoms with Gasteiger partial charge in [-0.05, 0) is 18.6 Å². The van der Waals surface area contributed by atoms with Gasteiger partial charge in [0, 0.05) is 36.6 Å². The van der Waals surface area contributed by atoms with Gasteiger partial charge in [-0.3, -0.25) is 4.79 Å². The first-order valence-corrected chi connectivity index (χ1v) is 8.50. The Morgan fingerprint density at radius 2 is 1.90 bits per heavy atom. The fraction of sp³-hybridized carbons (Fsp3) is 0.500. The smallest absolute Gasteiger partial charge is 0.255 e. The molecule has 1 aromatic rings. The van der Waals surface area contributed by atoms with Gasteiger partial charge in [-0.1, -0.05) is 0 Å². The number of fused-ring (bicyclic) bond motifs is 1. The number of rotatable bonds is 3. The van der Waals surface area contributed by atoms with E-state index in [9.17, 15) is 22.0 Å². The van der Waals surface area contributed by atoms with Crippen molar-refractivity contribution in [1.29, 1.82) is 0 Å². The number of sulfone groups is 1. The molecule has 2 aliphatic rings. The number of benzene rings is 1. The van der Waals surface area contributed by atoms with Crippen LogP contribution < -0.4 is 4.74 Å². The molecular formula is C14H14F2O4S. The summed E-state index contributed by atoms with van der Waals surface area (Å²) in [7, 11) is -3.51. The van der Waals surface area contributed by atoms with Crippen LogP contribution >= 0.6 is 0 Å². The van der Waals surface area contributed by atoms with Crippen molar-refractivity contribution in [2.24, 2.45) is 0 Å². The molecule has 3 rings (SSSR count). The number of Topliss-reactive ketones (excluding diaryl/α,β-unsaturated/α-hetero) is 1. The zero-order chi connectivity index (χ0) is 15.4. The molecular weight excluding hydrogens is 302 g/mol. The maximum atomic E-state index is 12.8. The molecule has 0 aromatic heterocycles. The van der Waals surface area contributed by atoms with Crippen LogP contribution in [0.15, 0.2) is 17.0 Å². The summed E-state index contributed by atoms with van der Waals surface area (Å²) >= 11 is 0. The lowest BCUT2D eigenvalue weighted by atomic mass is 9.91. The number of halogens is 2. The van der Waals surface area contributed by atoms with E-state index in [0.29, 0.717) is 17.7 Å². The Morgan fingerprint density at radius 3 is 2.48 bits per heavy atom. The Morgan fingerprint density at radius 1 is 1.24 bits per heavy atom. The molecule has 0 N–H and O–H groups in total. The third-order valence-corrected chi connectivity index (χ3v) is 5.00. The molecule has 7 heteroatoms. The second kappa shape index (κ2) is 4.50. The van der Waals surface area contributed by atoms with Crippen molar-refractivity contribution in [2.45, 2.75) is 42.6 Å². The zero-order valence-corrected chi connectivity index (χ0v) is 12.2. The first kappa shape index (κ1) is 14.4. The van der Waals surface area contributed by atoms with Crippen LogP contribution in [0.3, 0.4) is 0 Å². The van der Waals surface area contributed by atoms with E-state index >= 15 is 0 Å². The standard InChI is InChI=1S/C14H14F2O4S/c1-21(18,19)12-5-4-11(9-2-3-10(17)13(9)12)20-8-6-14(15,16)7-8/h4-5,8H,2-3,6-7H2,1H3.